The van der Waals surface area contributed by atoms with Gasteiger partial charge in [-0.15, -0.1) is 0 Å². The Morgan fingerprint density at radius 1 is 1.13 bits per heavy atom. The molecule has 1 saturated heterocycles. The molecule has 0 atom stereocenters. The van der Waals surface area contributed by atoms with Gasteiger partial charge in [-0.3, -0.25) is 15.0 Å². The van der Waals surface area contributed by atoms with Gasteiger partial charge in [0.2, 0.25) is 0 Å². The van der Waals surface area contributed by atoms with E-state index >= 15 is 0 Å². The first-order chi connectivity index (χ1) is 14.7. The van der Waals surface area contributed by atoms with E-state index in [4.69, 9.17) is 0 Å². The van der Waals surface area contributed by atoms with E-state index in [1.54, 1.807) is 0 Å². The number of aromatic nitrogens is 3. The average Bonchev–Trinajstić information content (AvgIpc) is 3.41. The zero-order valence-electron chi connectivity index (χ0n) is 18.9. The summed E-state index contributed by atoms with van der Waals surface area (Å²) in [7, 11) is 0. The van der Waals surface area contributed by atoms with Crippen molar-refractivity contribution in [3.63, 3.8) is 0 Å². The largest absolute Gasteiger partial charge is 0.300 e. The summed E-state index contributed by atoms with van der Waals surface area (Å²) in [5.41, 5.74) is 3.71. The third kappa shape index (κ3) is 6.14. The van der Waals surface area contributed by atoms with E-state index in [0.717, 1.165) is 38.0 Å². The topological polar surface area (TPSA) is 48.1 Å². The Labute approximate surface area is 182 Å². The predicted molar refractivity (Wildman–Crippen MR) is 122 cm³/mol. The normalized spacial score (nSPS) is 19.3. The molecule has 0 unspecified atom stereocenters. The Morgan fingerprint density at radius 3 is 2.63 bits per heavy atom. The molecule has 1 saturated carbocycles. The molecule has 0 bridgehead atoms. The summed E-state index contributed by atoms with van der Waals surface area (Å²) >= 11 is 0. The van der Waals surface area contributed by atoms with Crippen molar-refractivity contribution in [3.8, 4) is 0 Å². The van der Waals surface area contributed by atoms with E-state index in [1.165, 1.54) is 68.6 Å². The zero-order chi connectivity index (χ0) is 20.8. The fraction of sp³-hybridized carbons (Fsp3) is 0.680. The highest BCUT2D eigenvalue weighted by molar-refractivity contribution is 5.11. The van der Waals surface area contributed by atoms with Gasteiger partial charge in [-0.1, -0.05) is 32.8 Å². The molecule has 2 aromatic heterocycles. The van der Waals surface area contributed by atoms with Gasteiger partial charge in [0.25, 0.3) is 0 Å². The van der Waals surface area contributed by atoms with E-state index in [1.807, 2.05) is 18.5 Å². The Morgan fingerprint density at radius 2 is 1.93 bits per heavy atom. The first-order valence-corrected chi connectivity index (χ1v) is 12.0. The van der Waals surface area contributed by atoms with Crippen LogP contribution < -0.4 is 0 Å². The number of H-pyrrole nitrogens is 1. The standard InChI is InChI=1S/C25H39N5/c1-20(2)14-23-15-24(28-27-23)19-29(18-22-6-5-11-26-16-22)17-21-9-12-30(13-10-21)25-7-3-4-8-25/h5-6,11,15-16,20-21,25H,3-4,7-10,12-14,17-19H2,1-2H3,(H,27,28). The second kappa shape index (κ2) is 10.5. The van der Waals surface area contributed by atoms with E-state index < -0.39 is 0 Å². The van der Waals surface area contributed by atoms with Crippen LogP contribution in [0.2, 0.25) is 0 Å². The Bertz CT molecular complexity index is 742. The van der Waals surface area contributed by atoms with Crippen LogP contribution in [0.15, 0.2) is 30.6 Å². The first-order valence-electron chi connectivity index (χ1n) is 12.0. The van der Waals surface area contributed by atoms with Gasteiger partial charge < -0.3 is 4.90 Å². The first kappa shape index (κ1) is 21.5. The van der Waals surface area contributed by atoms with Crippen molar-refractivity contribution in [3.05, 3.63) is 47.5 Å². The van der Waals surface area contributed by atoms with Crippen molar-refractivity contribution in [2.24, 2.45) is 11.8 Å². The highest BCUT2D eigenvalue weighted by Gasteiger charge is 2.28. The molecule has 5 heteroatoms. The molecule has 0 amide bonds. The van der Waals surface area contributed by atoms with Gasteiger partial charge in [0.15, 0.2) is 0 Å². The van der Waals surface area contributed by atoms with Crippen molar-refractivity contribution < 1.29 is 0 Å². The van der Waals surface area contributed by atoms with Gasteiger partial charge in [-0.05, 0) is 74.7 Å². The second-order valence-corrected chi connectivity index (χ2v) is 9.93. The van der Waals surface area contributed by atoms with Crippen molar-refractivity contribution in [1.82, 2.24) is 25.0 Å². The number of nitrogens with one attached hydrogen (secondary N) is 1. The summed E-state index contributed by atoms with van der Waals surface area (Å²) in [6.07, 6.45) is 13.3. The van der Waals surface area contributed by atoms with Crippen LogP contribution in [0.25, 0.3) is 0 Å². The molecule has 5 nitrogen and oxygen atoms in total. The summed E-state index contributed by atoms with van der Waals surface area (Å²) in [4.78, 5) is 9.71. The van der Waals surface area contributed by atoms with E-state index in [0.29, 0.717) is 5.92 Å². The molecule has 2 aliphatic rings. The monoisotopic (exact) mass is 409 g/mol. The van der Waals surface area contributed by atoms with Gasteiger partial charge in [0, 0.05) is 43.8 Å². The minimum atomic E-state index is 0.637. The SMILES string of the molecule is CC(C)Cc1cc(CN(Cc2cccnc2)CC2CCN(C3CCCC3)CC2)[nH]n1. The molecule has 4 rings (SSSR count). The molecule has 30 heavy (non-hydrogen) atoms. The van der Waals surface area contributed by atoms with Crippen LogP contribution in [0.5, 0.6) is 0 Å². The quantitative estimate of drug-likeness (QED) is 0.654. The highest BCUT2D eigenvalue weighted by atomic mass is 15.2. The highest BCUT2D eigenvalue weighted by Crippen LogP contribution is 2.28. The fourth-order valence-electron chi connectivity index (χ4n) is 5.32. The lowest BCUT2D eigenvalue weighted by Crippen LogP contribution is -2.42. The lowest BCUT2D eigenvalue weighted by molar-refractivity contribution is 0.106. The molecule has 1 N–H and O–H groups in total. The van der Waals surface area contributed by atoms with Crippen LogP contribution in [-0.4, -0.2) is 50.7 Å². The number of nitrogens with zero attached hydrogens (tertiary/aromatic N) is 4. The van der Waals surface area contributed by atoms with Crippen LogP contribution in [0.4, 0.5) is 0 Å². The molecule has 0 radical (unpaired) electrons. The van der Waals surface area contributed by atoms with Gasteiger partial charge in [-0.2, -0.15) is 5.10 Å². The van der Waals surface area contributed by atoms with Crippen molar-refractivity contribution in [2.75, 3.05) is 19.6 Å². The number of hydrogen-bond donors (Lipinski definition) is 1. The molecule has 2 fully saturated rings. The van der Waals surface area contributed by atoms with Crippen LogP contribution in [0.3, 0.4) is 0 Å². The van der Waals surface area contributed by atoms with Crippen LogP contribution >= 0.6 is 0 Å². The maximum absolute atomic E-state index is 4.55. The van der Waals surface area contributed by atoms with Crippen molar-refractivity contribution in [2.45, 2.75) is 77.9 Å². The van der Waals surface area contributed by atoms with Crippen molar-refractivity contribution in [1.29, 1.82) is 0 Å². The predicted octanol–water partition coefficient (Wildman–Crippen LogP) is 4.66. The molecule has 1 aliphatic heterocycles. The number of pyridine rings is 1. The Hall–Kier alpha value is -1.72. The van der Waals surface area contributed by atoms with Crippen LogP contribution in [0.1, 0.15) is 69.3 Å². The summed E-state index contributed by atoms with van der Waals surface area (Å²) < 4.78 is 0. The number of aromatic amines is 1. The lowest BCUT2D eigenvalue weighted by atomic mass is 9.94. The number of hydrogen-bond acceptors (Lipinski definition) is 4. The molecule has 0 spiro atoms. The summed E-state index contributed by atoms with van der Waals surface area (Å²) in [5.74, 6) is 1.43. The Balaban J connectivity index is 1.36. The van der Waals surface area contributed by atoms with E-state index in [9.17, 15) is 0 Å². The molecule has 3 heterocycles. The third-order valence-corrected chi connectivity index (χ3v) is 6.83. The van der Waals surface area contributed by atoms with Gasteiger partial charge in [0.1, 0.15) is 0 Å². The van der Waals surface area contributed by atoms with Gasteiger partial charge in [0.05, 0.1) is 5.69 Å². The molecule has 164 valence electrons. The summed E-state index contributed by atoms with van der Waals surface area (Å²) in [6.45, 7) is 10.1. The van der Waals surface area contributed by atoms with Gasteiger partial charge >= 0.3 is 0 Å². The maximum Gasteiger partial charge on any atom is 0.0628 e. The van der Waals surface area contributed by atoms with E-state index in [2.05, 4.69) is 51.0 Å². The average molecular weight is 410 g/mol. The number of likely N-dealkylation sites (tertiary alicyclic amines) is 1. The number of rotatable bonds is 9. The zero-order valence-corrected chi connectivity index (χ0v) is 18.9. The fourth-order valence-corrected chi connectivity index (χ4v) is 5.32. The van der Waals surface area contributed by atoms with Crippen molar-refractivity contribution >= 4 is 0 Å². The number of piperidine rings is 1. The lowest BCUT2D eigenvalue weighted by Gasteiger charge is -2.37. The molecule has 1 aliphatic carbocycles. The Kier molecular flexibility index (Phi) is 7.56. The van der Waals surface area contributed by atoms with Crippen LogP contribution in [0, 0.1) is 11.8 Å². The van der Waals surface area contributed by atoms with Gasteiger partial charge in [-0.25, -0.2) is 0 Å². The molecular weight excluding hydrogens is 370 g/mol. The minimum Gasteiger partial charge on any atom is -0.300 e. The summed E-state index contributed by atoms with van der Waals surface area (Å²) in [6, 6.07) is 7.38. The minimum absolute atomic E-state index is 0.637. The molecular formula is C25H39N5. The van der Waals surface area contributed by atoms with Crippen LogP contribution in [-0.2, 0) is 19.5 Å². The smallest absolute Gasteiger partial charge is 0.0628 e. The summed E-state index contributed by atoms with van der Waals surface area (Å²) in [5, 5.41) is 7.84. The molecule has 2 aromatic rings. The second-order valence-electron chi connectivity index (χ2n) is 9.93. The van der Waals surface area contributed by atoms with E-state index in [-0.39, 0.29) is 0 Å². The maximum atomic E-state index is 4.55. The third-order valence-electron chi connectivity index (χ3n) is 6.83. The molecule has 0 aromatic carbocycles.